The van der Waals surface area contributed by atoms with E-state index in [0.29, 0.717) is 34.7 Å². The maximum absolute atomic E-state index is 13.9. The summed E-state index contributed by atoms with van der Waals surface area (Å²) in [5.41, 5.74) is 4.65. The van der Waals surface area contributed by atoms with Crippen LogP contribution in [0.4, 0.5) is 0 Å². The highest BCUT2D eigenvalue weighted by Gasteiger charge is 2.22. The zero-order valence-electron chi connectivity index (χ0n) is 22.2. The first-order valence-electron chi connectivity index (χ1n) is 12.6. The van der Waals surface area contributed by atoms with Crippen LogP contribution in [-0.2, 0) is 13.0 Å². The number of thiophene rings is 1. The van der Waals surface area contributed by atoms with Gasteiger partial charge < -0.3 is 14.6 Å². The summed E-state index contributed by atoms with van der Waals surface area (Å²) in [5.74, 6) is 0.692. The SMILES string of the molecule is CCc1ccc(-n2c(=O)c3c(C)c(-c4ccc(-n5cnc(C)c5)c(OC)c4)sc3n(CCNC)c2=O)cc1. The molecule has 0 fully saturated rings. The van der Waals surface area contributed by atoms with Gasteiger partial charge in [0, 0.05) is 24.2 Å². The minimum Gasteiger partial charge on any atom is -0.495 e. The van der Waals surface area contributed by atoms with Gasteiger partial charge in [-0.25, -0.2) is 14.3 Å². The van der Waals surface area contributed by atoms with Crippen molar-refractivity contribution in [2.24, 2.45) is 0 Å². The standard InChI is InChI=1S/C29H31N5O3S/c1-6-20-7-10-22(11-8-20)34-27(35)25-19(3)26(38-28(25)33(29(34)36)14-13-30-4)21-9-12-23(24(15-21)37-5)32-16-18(2)31-17-32/h7-12,15-17,30H,6,13-14H2,1-5H3. The molecule has 196 valence electrons. The minimum atomic E-state index is -0.335. The third-order valence-corrected chi connectivity index (χ3v) is 8.20. The molecule has 0 saturated carbocycles. The van der Waals surface area contributed by atoms with Crippen molar-refractivity contribution in [1.82, 2.24) is 24.0 Å². The summed E-state index contributed by atoms with van der Waals surface area (Å²) in [5, 5.41) is 3.69. The molecule has 3 aromatic heterocycles. The van der Waals surface area contributed by atoms with Crippen LogP contribution >= 0.6 is 11.3 Å². The average molecular weight is 530 g/mol. The van der Waals surface area contributed by atoms with Gasteiger partial charge in [-0.1, -0.05) is 25.1 Å². The lowest BCUT2D eigenvalue weighted by atomic mass is 10.1. The van der Waals surface area contributed by atoms with Crippen LogP contribution in [0, 0.1) is 13.8 Å². The Morgan fingerprint density at radius 3 is 2.47 bits per heavy atom. The monoisotopic (exact) mass is 529 g/mol. The number of aryl methyl sites for hydroxylation is 3. The van der Waals surface area contributed by atoms with Gasteiger partial charge in [0.25, 0.3) is 5.56 Å². The number of rotatable bonds is 8. The molecule has 0 atom stereocenters. The van der Waals surface area contributed by atoms with E-state index < -0.39 is 0 Å². The Kier molecular flexibility index (Phi) is 7.05. The van der Waals surface area contributed by atoms with E-state index in [1.165, 1.54) is 15.9 Å². The molecule has 3 heterocycles. The fraction of sp³-hybridized carbons (Fsp3) is 0.276. The number of hydrogen-bond acceptors (Lipinski definition) is 6. The van der Waals surface area contributed by atoms with Gasteiger partial charge in [0.15, 0.2) is 0 Å². The summed E-state index contributed by atoms with van der Waals surface area (Å²) in [6, 6.07) is 13.6. The Hall–Kier alpha value is -3.95. The molecule has 0 amide bonds. The van der Waals surface area contributed by atoms with Crippen molar-refractivity contribution in [3.8, 4) is 27.6 Å². The molecule has 9 heteroatoms. The van der Waals surface area contributed by atoms with Crippen LogP contribution in [0.25, 0.3) is 32.0 Å². The van der Waals surface area contributed by atoms with E-state index in [1.807, 2.05) is 74.1 Å². The largest absolute Gasteiger partial charge is 0.495 e. The highest BCUT2D eigenvalue weighted by atomic mass is 32.1. The molecule has 0 radical (unpaired) electrons. The van der Waals surface area contributed by atoms with Crippen LogP contribution < -0.4 is 21.3 Å². The fourth-order valence-electron chi connectivity index (χ4n) is 4.74. The zero-order valence-corrected chi connectivity index (χ0v) is 23.1. The molecule has 0 aliphatic carbocycles. The Bertz CT molecular complexity index is 1740. The number of ether oxygens (including phenoxy) is 1. The molecule has 0 aliphatic rings. The van der Waals surface area contributed by atoms with E-state index in [0.717, 1.165) is 39.4 Å². The van der Waals surface area contributed by atoms with Crippen molar-refractivity contribution in [3.63, 3.8) is 0 Å². The lowest BCUT2D eigenvalue weighted by Gasteiger charge is -2.12. The van der Waals surface area contributed by atoms with Gasteiger partial charge in [-0.3, -0.25) is 9.36 Å². The van der Waals surface area contributed by atoms with Gasteiger partial charge in [0.05, 0.1) is 35.9 Å². The van der Waals surface area contributed by atoms with Crippen molar-refractivity contribution < 1.29 is 4.74 Å². The number of aromatic nitrogens is 4. The lowest BCUT2D eigenvalue weighted by Crippen LogP contribution is -2.39. The van der Waals surface area contributed by atoms with E-state index in [-0.39, 0.29) is 11.2 Å². The zero-order chi connectivity index (χ0) is 27.0. The Labute approximate surface area is 224 Å². The van der Waals surface area contributed by atoms with Crippen molar-refractivity contribution in [2.75, 3.05) is 20.7 Å². The quantitative estimate of drug-likeness (QED) is 0.321. The van der Waals surface area contributed by atoms with Crippen molar-refractivity contribution in [3.05, 3.63) is 92.6 Å². The van der Waals surface area contributed by atoms with E-state index in [4.69, 9.17) is 4.74 Å². The Morgan fingerprint density at radius 2 is 1.84 bits per heavy atom. The molecule has 0 saturated heterocycles. The number of nitrogens with one attached hydrogen (secondary N) is 1. The highest BCUT2D eigenvalue weighted by molar-refractivity contribution is 7.22. The number of nitrogens with zero attached hydrogens (tertiary/aromatic N) is 4. The summed E-state index contributed by atoms with van der Waals surface area (Å²) in [6.45, 7) is 7.01. The smallest absolute Gasteiger partial charge is 0.336 e. The number of methoxy groups -OCH3 is 1. The lowest BCUT2D eigenvalue weighted by molar-refractivity contribution is 0.413. The third kappa shape index (κ3) is 4.37. The second kappa shape index (κ2) is 10.4. The van der Waals surface area contributed by atoms with Crippen LogP contribution in [0.15, 0.2) is 64.6 Å². The summed E-state index contributed by atoms with van der Waals surface area (Å²) >= 11 is 1.46. The summed E-state index contributed by atoms with van der Waals surface area (Å²) in [6.07, 6.45) is 4.59. The van der Waals surface area contributed by atoms with E-state index in [9.17, 15) is 9.59 Å². The number of imidazole rings is 1. The maximum Gasteiger partial charge on any atom is 0.336 e. The second-order valence-electron chi connectivity index (χ2n) is 9.24. The van der Waals surface area contributed by atoms with Gasteiger partial charge in [0.2, 0.25) is 0 Å². The maximum atomic E-state index is 13.9. The molecule has 38 heavy (non-hydrogen) atoms. The van der Waals surface area contributed by atoms with Crippen LogP contribution in [0.3, 0.4) is 0 Å². The first-order chi connectivity index (χ1) is 18.4. The molecule has 0 spiro atoms. The van der Waals surface area contributed by atoms with Gasteiger partial charge in [-0.15, -0.1) is 11.3 Å². The van der Waals surface area contributed by atoms with Crippen molar-refractivity contribution in [2.45, 2.75) is 33.7 Å². The summed E-state index contributed by atoms with van der Waals surface area (Å²) < 4.78 is 10.7. The van der Waals surface area contributed by atoms with E-state index in [1.54, 1.807) is 18.0 Å². The van der Waals surface area contributed by atoms with Gasteiger partial charge in [-0.05, 0) is 68.3 Å². The molecule has 5 rings (SSSR count). The first-order valence-corrected chi connectivity index (χ1v) is 13.4. The molecule has 2 aromatic carbocycles. The van der Waals surface area contributed by atoms with Crippen LogP contribution in [0.5, 0.6) is 5.75 Å². The molecule has 0 unspecified atom stereocenters. The highest BCUT2D eigenvalue weighted by Crippen LogP contribution is 2.39. The van der Waals surface area contributed by atoms with E-state index in [2.05, 4.69) is 17.2 Å². The predicted molar refractivity (Wildman–Crippen MR) is 154 cm³/mol. The van der Waals surface area contributed by atoms with Crippen LogP contribution in [0.1, 0.15) is 23.7 Å². The topological polar surface area (TPSA) is 83.1 Å². The number of likely N-dealkylation sites (N-methyl/N-ethyl adjacent to an activating group) is 1. The molecule has 5 aromatic rings. The molecule has 0 aliphatic heterocycles. The summed E-state index contributed by atoms with van der Waals surface area (Å²) in [4.78, 5) is 33.5. The van der Waals surface area contributed by atoms with Gasteiger partial charge in [0.1, 0.15) is 10.6 Å². The van der Waals surface area contributed by atoms with Crippen LogP contribution in [-0.4, -0.2) is 39.4 Å². The minimum absolute atomic E-state index is 0.299. The normalized spacial score (nSPS) is 11.4. The molecule has 0 bridgehead atoms. The Balaban J connectivity index is 1.73. The van der Waals surface area contributed by atoms with Crippen LogP contribution in [0.2, 0.25) is 0 Å². The molecular weight excluding hydrogens is 498 g/mol. The predicted octanol–water partition coefficient (Wildman–Crippen LogP) is 4.47. The second-order valence-corrected chi connectivity index (χ2v) is 10.2. The fourth-order valence-corrected chi connectivity index (χ4v) is 6.05. The van der Waals surface area contributed by atoms with Crippen molar-refractivity contribution in [1.29, 1.82) is 0 Å². The molecular formula is C29H31N5O3S. The molecule has 8 nitrogen and oxygen atoms in total. The first kappa shape index (κ1) is 25.7. The average Bonchev–Trinajstić information content (AvgIpc) is 3.51. The number of fused-ring (bicyclic) bond motifs is 1. The third-order valence-electron chi connectivity index (χ3n) is 6.83. The number of benzene rings is 2. The van der Waals surface area contributed by atoms with E-state index >= 15 is 0 Å². The summed E-state index contributed by atoms with van der Waals surface area (Å²) in [7, 11) is 3.49. The number of hydrogen-bond donors (Lipinski definition) is 1. The van der Waals surface area contributed by atoms with Gasteiger partial charge in [-0.2, -0.15) is 0 Å². The molecule has 1 N–H and O–H groups in total. The van der Waals surface area contributed by atoms with Crippen molar-refractivity contribution >= 4 is 21.6 Å². The Morgan fingerprint density at radius 1 is 1.08 bits per heavy atom. The van der Waals surface area contributed by atoms with Gasteiger partial charge >= 0.3 is 5.69 Å².